The van der Waals surface area contributed by atoms with Crippen LogP contribution in [-0.4, -0.2) is 44.3 Å². The molecule has 1 aliphatic rings. The number of benzene rings is 1. The Morgan fingerprint density at radius 1 is 1.19 bits per heavy atom. The van der Waals surface area contributed by atoms with Crippen molar-refractivity contribution in [1.82, 2.24) is 4.31 Å². The SMILES string of the molecule is O=C(COC(=O)c1ccoc1)Nc1cccc(S(=O)(=O)N2CCCC2)c1. The lowest BCUT2D eigenvalue weighted by molar-refractivity contribution is -0.119. The van der Waals surface area contributed by atoms with E-state index in [0.29, 0.717) is 18.8 Å². The van der Waals surface area contributed by atoms with E-state index in [1.807, 2.05) is 0 Å². The number of furan rings is 1. The van der Waals surface area contributed by atoms with E-state index in [1.165, 1.54) is 35.0 Å². The number of carbonyl (C=O) groups is 2. The number of rotatable bonds is 6. The molecule has 1 amide bonds. The van der Waals surface area contributed by atoms with Gasteiger partial charge in [0.2, 0.25) is 10.0 Å². The van der Waals surface area contributed by atoms with Gasteiger partial charge in [0.05, 0.1) is 16.7 Å². The van der Waals surface area contributed by atoms with Gasteiger partial charge in [-0.25, -0.2) is 13.2 Å². The molecule has 1 saturated heterocycles. The van der Waals surface area contributed by atoms with Crippen LogP contribution in [-0.2, 0) is 19.6 Å². The summed E-state index contributed by atoms with van der Waals surface area (Å²) in [6.07, 6.45) is 4.23. The summed E-state index contributed by atoms with van der Waals surface area (Å²) < 4.78 is 36.2. The number of sulfonamides is 1. The van der Waals surface area contributed by atoms with Crippen LogP contribution in [0.2, 0.25) is 0 Å². The largest absolute Gasteiger partial charge is 0.472 e. The second kappa shape index (κ2) is 7.71. The first kappa shape index (κ1) is 18.2. The molecule has 1 N–H and O–H groups in total. The van der Waals surface area contributed by atoms with E-state index in [-0.39, 0.29) is 10.5 Å². The number of hydrogen-bond donors (Lipinski definition) is 1. The summed E-state index contributed by atoms with van der Waals surface area (Å²) in [6, 6.07) is 7.42. The van der Waals surface area contributed by atoms with Crippen molar-refractivity contribution in [2.45, 2.75) is 17.7 Å². The van der Waals surface area contributed by atoms with Crippen LogP contribution in [0.15, 0.2) is 52.2 Å². The first-order chi connectivity index (χ1) is 12.5. The quantitative estimate of drug-likeness (QED) is 0.769. The minimum atomic E-state index is -3.57. The summed E-state index contributed by atoms with van der Waals surface area (Å²) in [6.45, 7) is 0.513. The Morgan fingerprint density at radius 3 is 2.65 bits per heavy atom. The van der Waals surface area contributed by atoms with Gasteiger partial charge in [0, 0.05) is 18.8 Å². The van der Waals surface area contributed by atoms with Crippen molar-refractivity contribution < 1.29 is 27.2 Å². The number of ether oxygens (including phenoxy) is 1. The number of nitrogens with zero attached hydrogens (tertiary/aromatic N) is 1. The van der Waals surface area contributed by atoms with Crippen molar-refractivity contribution in [3.05, 3.63) is 48.4 Å². The Hall–Kier alpha value is -2.65. The second-order valence-electron chi connectivity index (χ2n) is 5.78. The lowest BCUT2D eigenvalue weighted by atomic mass is 10.3. The maximum absolute atomic E-state index is 12.6. The molecule has 2 aromatic rings. The Labute approximate surface area is 150 Å². The van der Waals surface area contributed by atoms with E-state index < -0.39 is 28.5 Å². The highest BCUT2D eigenvalue weighted by Crippen LogP contribution is 2.23. The van der Waals surface area contributed by atoms with E-state index in [9.17, 15) is 18.0 Å². The second-order valence-corrected chi connectivity index (χ2v) is 7.71. The highest BCUT2D eigenvalue weighted by atomic mass is 32.2. The van der Waals surface area contributed by atoms with Gasteiger partial charge in [-0.3, -0.25) is 4.79 Å². The molecule has 1 aliphatic heterocycles. The fraction of sp³-hybridized carbons (Fsp3) is 0.294. The third kappa shape index (κ3) is 4.12. The predicted octanol–water partition coefficient (Wildman–Crippen LogP) is 1.86. The fourth-order valence-electron chi connectivity index (χ4n) is 2.60. The highest BCUT2D eigenvalue weighted by Gasteiger charge is 2.27. The summed E-state index contributed by atoms with van der Waals surface area (Å²) >= 11 is 0. The molecule has 1 aromatic carbocycles. The van der Waals surface area contributed by atoms with Crippen LogP contribution in [0.1, 0.15) is 23.2 Å². The van der Waals surface area contributed by atoms with Crippen LogP contribution in [0.3, 0.4) is 0 Å². The van der Waals surface area contributed by atoms with Crippen LogP contribution in [0, 0.1) is 0 Å². The molecule has 1 fully saturated rings. The summed E-state index contributed by atoms with van der Waals surface area (Å²) in [5.74, 6) is -1.25. The average Bonchev–Trinajstić information content (AvgIpc) is 3.33. The lowest BCUT2D eigenvalue weighted by Crippen LogP contribution is -2.28. The maximum atomic E-state index is 12.6. The van der Waals surface area contributed by atoms with Crippen LogP contribution in [0.4, 0.5) is 5.69 Å². The Bertz CT molecular complexity index is 886. The standard InChI is InChI=1S/C17H18N2O6S/c20-16(12-25-17(21)13-6-9-24-11-13)18-14-4-3-5-15(10-14)26(22,23)19-7-1-2-8-19/h3-6,9-11H,1-2,7-8,12H2,(H,18,20). The average molecular weight is 378 g/mol. The maximum Gasteiger partial charge on any atom is 0.341 e. The van der Waals surface area contributed by atoms with E-state index >= 15 is 0 Å². The molecular weight excluding hydrogens is 360 g/mol. The van der Waals surface area contributed by atoms with Crippen LogP contribution in [0.5, 0.6) is 0 Å². The number of esters is 1. The minimum absolute atomic E-state index is 0.118. The smallest absolute Gasteiger partial charge is 0.341 e. The van der Waals surface area contributed by atoms with Gasteiger partial charge >= 0.3 is 5.97 Å². The number of carbonyl (C=O) groups excluding carboxylic acids is 2. The molecule has 0 radical (unpaired) electrons. The van der Waals surface area contributed by atoms with Gasteiger partial charge in [-0.15, -0.1) is 0 Å². The molecule has 0 saturated carbocycles. The zero-order valence-corrected chi connectivity index (χ0v) is 14.7. The zero-order valence-electron chi connectivity index (χ0n) is 13.9. The summed E-state index contributed by atoms with van der Waals surface area (Å²) in [5, 5.41) is 2.52. The van der Waals surface area contributed by atoms with E-state index in [4.69, 9.17) is 9.15 Å². The molecule has 0 bridgehead atoms. The van der Waals surface area contributed by atoms with Crippen molar-refractivity contribution in [1.29, 1.82) is 0 Å². The number of amides is 1. The molecule has 0 atom stereocenters. The fourth-order valence-corrected chi connectivity index (χ4v) is 4.17. The Morgan fingerprint density at radius 2 is 1.96 bits per heavy atom. The normalized spacial score (nSPS) is 14.9. The molecule has 26 heavy (non-hydrogen) atoms. The summed E-state index contributed by atoms with van der Waals surface area (Å²) in [4.78, 5) is 23.7. The van der Waals surface area contributed by atoms with Gasteiger partial charge in [0.1, 0.15) is 6.26 Å². The molecule has 138 valence electrons. The van der Waals surface area contributed by atoms with Crippen molar-refractivity contribution >= 4 is 27.6 Å². The Balaban J connectivity index is 1.61. The van der Waals surface area contributed by atoms with Gasteiger partial charge in [-0.05, 0) is 37.1 Å². The number of nitrogens with one attached hydrogen (secondary N) is 1. The summed E-state index contributed by atoms with van der Waals surface area (Å²) in [7, 11) is -3.57. The van der Waals surface area contributed by atoms with Crippen LogP contribution < -0.4 is 5.32 Å². The zero-order chi connectivity index (χ0) is 18.6. The van der Waals surface area contributed by atoms with Gasteiger partial charge in [0.15, 0.2) is 6.61 Å². The van der Waals surface area contributed by atoms with Crippen LogP contribution >= 0.6 is 0 Å². The lowest BCUT2D eigenvalue weighted by Gasteiger charge is -2.16. The van der Waals surface area contributed by atoms with E-state index in [0.717, 1.165) is 12.8 Å². The molecule has 0 unspecified atom stereocenters. The first-order valence-electron chi connectivity index (χ1n) is 8.06. The summed E-state index contributed by atoms with van der Waals surface area (Å²) in [5.41, 5.74) is 0.520. The first-order valence-corrected chi connectivity index (χ1v) is 9.50. The molecule has 9 heteroatoms. The monoisotopic (exact) mass is 378 g/mol. The molecule has 3 rings (SSSR count). The van der Waals surface area contributed by atoms with Crippen molar-refractivity contribution in [3.63, 3.8) is 0 Å². The van der Waals surface area contributed by atoms with Crippen LogP contribution in [0.25, 0.3) is 0 Å². The third-order valence-corrected chi connectivity index (χ3v) is 5.81. The van der Waals surface area contributed by atoms with E-state index in [1.54, 1.807) is 12.1 Å². The Kier molecular flexibility index (Phi) is 5.38. The number of hydrogen-bond acceptors (Lipinski definition) is 6. The van der Waals surface area contributed by atoms with Crippen molar-refractivity contribution in [3.8, 4) is 0 Å². The number of anilines is 1. The van der Waals surface area contributed by atoms with Gasteiger partial charge in [0.25, 0.3) is 5.91 Å². The third-order valence-electron chi connectivity index (χ3n) is 3.91. The van der Waals surface area contributed by atoms with E-state index in [2.05, 4.69) is 5.32 Å². The molecule has 2 heterocycles. The molecule has 0 spiro atoms. The van der Waals surface area contributed by atoms with Crippen molar-refractivity contribution in [2.75, 3.05) is 25.0 Å². The van der Waals surface area contributed by atoms with Gasteiger partial charge in [-0.2, -0.15) is 4.31 Å². The topological polar surface area (TPSA) is 106 Å². The molecule has 1 aromatic heterocycles. The van der Waals surface area contributed by atoms with Crippen molar-refractivity contribution in [2.24, 2.45) is 0 Å². The van der Waals surface area contributed by atoms with Gasteiger partial charge in [-0.1, -0.05) is 6.07 Å². The highest BCUT2D eigenvalue weighted by molar-refractivity contribution is 7.89. The molecular formula is C17H18N2O6S. The van der Waals surface area contributed by atoms with Gasteiger partial charge < -0.3 is 14.5 Å². The molecule has 8 nitrogen and oxygen atoms in total. The molecule has 0 aliphatic carbocycles. The predicted molar refractivity (Wildman–Crippen MR) is 92.1 cm³/mol. The minimum Gasteiger partial charge on any atom is -0.472 e.